The van der Waals surface area contributed by atoms with Crippen LogP contribution in [0, 0.1) is 0 Å². The maximum atomic E-state index is 11.3. The van der Waals surface area contributed by atoms with Gasteiger partial charge in [0, 0.05) is 19.8 Å². The molecule has 3 N–H and O–H groups in total. The van der Waals surface area contributed by atoms with Gasteiger partial charge in [-0.3, -0.25) is 0 Å². The molecule has 0 aliphatic carbocycles. The number of carbonyl (C=O) groups excluding carboxylic acids is 1. The molecule has 0 aromatic carbocycles. The van der Waals surface area contributed by atoms with Crippen molar-refractivity contribution in [1.29, 1.82) is 0 Å². The summed E-state index contributed by atoms with van der Waals surface area (Å²) in [6.45, 7) is -0.439. The van der Waals surface area contributed by atoms with E-state index < -0.39 is 34.5 Å². The number of aliphatic hydroxyl groups excluding tert-OH is 1. The van der Waals surface area contributed by atoms with Crippen LogP contribution < -0.4 is 5.32 Å². The molecule has 0 aromatic heterocycles. The van der Waals surface area contributed by atoms with Gasteiger partial charge in [-0.05, 0) is 0 Å². The summed E-state index contributed by atoms with van der Waals surface area (Å²) in [7, 11) is -1.79. The molecular formula is C8H16N2O6S. The third-order valence-electron chi connectivity index (χ3n) is 1.88. The van der Waals surface area contributed by atoms with Crippen molar-refractivity contribution in [3.8, 4) is 0 Å². The molecule has 0 radical (unpaired) electrons. The number of aliphatic carboxylic acids is 1. The standard InChI is InChI=1S/C8H16N2O6S/c1-10(3-4-17(2,15)16)8(14)9-5-6(11)7(12)13/h6,11H,3-5H2,1-2H3,(H,9,14)(H,12,13)/t6-/m0/s1. The highest BCUT2D eigenvalue weighted by atomic mass is 32.2. The minimum atomic E-state index is -3.16. The number of urea groups is 1. The molecule has 0 spiro atoms. The summed E-state index contributed by atoms with van der Waals surface area (Å²) in [5, 5.41) is 19.4. The van der Waals surface area contributed by atoms with Gasteiger partial charge in [0.2, 0.25) is 0 Å². The molecule has 0 saturated heterocycles. The number of carboxylic acids is 1. The summed E-state index contributed by atoms with van der Waals surface area (Å²) in [5.41, 5.74) is 0. The monoisotopic (exact) mass is 268 g/mol. The van der Waals surface area contributed by atoms with E-state index in [0.29, 0.717) is 0 Å². The van der Waals surface area contributed by atoms with Crippen LogP contribution in [0.3, 0.4) is 0 Å². The van der Waals surface area contributed by atoms with E-state index in [1.165, 1.54) is 7.05 Å². The van der Waals surface area contributed by atoms with Crippen LogP contribution in [0.2, 0.25) is 0 Å². The van der Waals surface area contributed by atoms with E-state index in [4.69, 9.17) is 10.2 Å². The molecule has 100 valence electrons. The Morgan fingerprint density at radius 1 is 1.41 bits per heavy atom. The first-order valence-corrected chi connectivity index (χ1v) is 6.77. The number of nitrogens with zero attached hydrogens (tertiary/aromatic N) is 1. The molecular weight excluding hydrogens is 252 g/mol. The third-order valence-corrected chi connectivity index (χ3v) is 2.80. The van der Waals surface area contributed by atoms with E-state index in [1.807, 2.05) is 0 Å². The van der Waals surface area contributed by atoms with Crippen molar-refractivity contribution in [1.82, 2.24) is 10.2 Å². The highest BCUT2D eigenvalue weighted by Gasteiger charge is 2.16. The lowest BCUT2D eigenvalue weighted by atomic mass is 10.3. The normalized spacial score (nSPS) is 12.9. The van der Waals surface area contributed by atoms with Gasteiger partial charge >= 0.3 is 12.0 Å². The quantitative estimate of drug-likeness (QED) is 0.518. The molecule has 1 atom stereocenters. The Morgan fingerprint density at radius 2 is 1.94 bits per heavy atom. The van der Waals surface area contributed by atoms with Gasteiger partial charge in [0.05, 0.1) is 12.3 Å². The van der Waals surface area contributed by atoms with Crippen molar-refractivity contribution in [3.05, 3.63) is 0 Å². The summed E-state index contributed by atoms with van der Waals surface area (Å²) in [4.78, 5) is 22.6. The third kappa shape index (κ3) is 7.53. The second-order valence-electron chi connectivity index (χ2n) is 3.59. The van der Waals surface area contributed by atoms with E-state index in [2.05, 4.69) is 5.32 Å². The number of rotatable bonds is 6. The van der Waals surface area contributed by atoms with E-state index in [9.17, 15) is 18.0 Å². The van der Waals surface area contributed by atoms with Crippen molar-refractivity contribution in [2.75, 3.05) is 32.1 Å². The molecule has 0 heterocycles. The Bertz CT molecular complexity index is 379. The number of hydrogen-bond acceptors (Lipinski definition) is 5. The van der Waals surface area contributed by atoms with E-state index in [-0.39, 0.29) is 12.3 Å². The van der Waals surface area contributed by atoms with Gasteiger partial charge < -0.3 is 20.4 Å². The van der Waals surface area contributed by atoms with Crippen molar-refractivity contribution in [2.24, 2.45) is 0 Å². The summed E-state index contributed by atoms with van der Waals surface area (Å²) in [6, 6.07) is -0.644. The van der Waals surface area contributed by atoms with Gasteiger partial charge in [0.25, 0.3) is 0 Å². The number of hydrogen-bond donors (Lipinski definition) is 3. The topological polar surface area (TPSA) is 124 Å². The van der Waals surface area contributed by atoms with Crippen LogP contribution in [0.5, 0.6) is 0 Å². The SMILES string of the molecule is CN(CCS(C)(=O)=O)C(=O)NC[C@H](O)C(=O)O. The Kier molecular flexibility index (Phi) is 5.89. The van der Waals surface area contributed by atoms with Crippen molar-refractivity contribution < 1.29 is 28.2 Å². The first-order valence-electron chi connectivity index (χ1n) is 4.71. The van der Waals surface area contributed by atoms with Crippen LogP contribution in [0.15, 0.2) is 0 Å². The highest BCUT2D eigenvalue weighted by molar-refractivity contribution is 7.90. The molecule has 0 saturated carbocycles. The maximum absolute atomic E-state index is 11.3. The zero-order valence-corrected chi connectivity index (χ0v) is 10.4. The fourth-order valence-corrected chi connectivity index (χ4v) is 1.42. The number of carboxylic acid groups (broad SMARTS) is 1. The Hall–Kier alpha value is -1.35. The molecule has 0 unspecified atom stereocenters. The Labute approximate surface area is 99.1 Å². The maximum Gasteiger partial charge on any atom is 0.334 e. The van der Waals surface area contributed by atoms with Crippen LogP contribution in [0.1, 0.15) is 0 Å². The number of aliphatic hydroxyl groups is 1. The van der Waals surface area contributed by atoms with Crippen molar-refractivity contribution in [2.45, 2.75) is 6.10 Å². The highest BCUT2D eigenvalue weighted by Crippen LogP contribution is 1.90. The molecule has 9 heteroatoms. The minimum Gasteiger partial charge on any atom is -0.479 e. The molecule has 0 aliphatic heterocycles. The van der Waals surface area contributed by atoms with Gasteiger partial charge in [-0.1, -0.05) is 0 Å². The lowest BCUT2D eigenvalue weighted by Gasteiger charge is -2.17. The molecule has 0 aromatic rings. The van der Waals surface area contributed by atoms with Gasteiger partial charge in [-0.25, -0.2) is 18.0 Å². The first kappa shape index (κ1) is 15.7. The van der Waals surface area contributed by atoms with Gasteiger partial charge in [0.1, 0.15) is 9.84 Å². The fraction of sp³-hybridized carbons (Fsp3) is 0.750. The van der Waals surface area contributed by atoms with Crippen LogP contribution in [0.25, 0.3) is 0 Å². The van der Waals surface area contributed by atoms with Gasteiger partial charge in [0.15, 0.2) is 6.10 Å². The Balaban J connectivity index is 4.03. The number of amides is 2. The Morgan fingerprint density at radius 3 is 2.35 bits per heavy atom. The molecule has 8 nitrogen and oxygen atoms in total. The molecule has 0 rings (SSSR count). The average Bonchev–Trinajstić information content (AvgIpc) is 2.20. The minimum absolute atomic E-state index is 0.00612. The smallest absolute Gasteiger partial charge is 0.334 e. The number of carbonyl (C=O) groups is 2. The number of sulfone groups is 1. The summed E-state index contributed by atoms with van der Waals surface area (Å²) in [6.07, 6.45) is -0.630. The predicted molar refractivity (Wildman–Crippen MR) is 59.4 cm³/mol. The zero-order chi connectivity index (χ0) is 13.6. The predicted octanol–water partition coefficient (Wildman–Crippen LogP) is -1.88. The zero-order valence-electron chi connectivity index (χ0n) is 9.58. The van der Waals surface area contributed by atoms with Crippen molar-refractivity contribution in [3.63, 3.8) is 0 Å². The fourth-order valence-electron chi connectivity index (χ4n) is 0.811. The second kappa shape index (κ2) is 6.40. The average molecular weight is 268 g/mol. The van der Waals surface area contributed by atoms with Crippen LogP contribution in [-0.2, 0) is 14.6 Å². The van der Waals surface area contributed by atoms with Gasteiger partial charge in [-0.15, -0.1) is 0 Å². The molecule has 2 amide bonds. The van der Waals surface area contributed by atoms with Crippen molar-refractivity contribution >= 4 is 21.8 Å². The molecule has 0 aliphatic rings. The molecule has 0 bridgehead atoms. The largest absolute Gasteiger partial charge is 0.479 e. The second-order valence-corrected chi connectivity index (χ2v) is 5.85. The van der Waals surface area contributed by atoms with Crippen LogP contribution >= 0.6 is 0 Å². The van der Waals surface area contributed by atoms with Gasteiger partial charge in [-0.2, -0.15) is 0 Å². The first-order chi connectivity index (χ1) is 7.63. The van der Waals surface area contributed by atoms with E-state index in [0.717, 1.165) is 11.2 Å². The van der Waals surface area contributed by atoms with E-state index >= 15 is 0 Å². The van der Waals surface area contributed by atoms with E-state index in [1.54, 1.807) is 0 Å². The summed E-state index contributed by atoms with van der Waals surface area (Å²) >= 11 is 0. The van der Waals surface area contributed by atoms with Crippen LogP contribution in [-0.4, -0.2) is 73.8 Å². The van der Waals surface area contributed by atoms with Crippen LogP contribution in [0.4, 0.5) is 4.79 Å². The molecule has 0 fully saturated rings. The summed E-state index contributed by atoms with van der Waals surface area (Å²) < 4.78 is 21.7. The number of nitrogens with one attached hydrogen (secondary N) is 1. The lowest BCUT2D eigenvalue weighted by Crippen LogP contribution is -2.44. The molecule has 17 heavy (non-hydrogen) atoms. The summed E-state index contributed by atoms with van der Waals surface area (Å²) in [5.74, 6) is -1.62. The lowest BCUT2D eigenvalue weighted by molar-refractivity contribution is -0.146.